The lowest BCUT2D eigenvalue weighted by atomic mass is 10.1. The number of nitrogens with zero attached hydrogens (tertiary/aromatic N) is 1. The Morgan fingerprint density at radius 2 is 1.86 bits per heavy atom. The normalized spacial score (nSPS) is 11.1. The Balaban J connectivity index is 1.93. The molecule has 0 radical (unpaired) electrons. The first-order valence-electron chi connectivity index (χ1n) is 8.96. The van der Waals surface area contributed by atoms with Crippen LogP contribution in [0.5, 0.6) is 5.75 Å². The topological polar surface area (TPSA) is 76.4 Å². The van der Waals surface area contributed by atoms with Gasteiger partial charge in [-0.15, -0.1) is 0 Å². The molecule has 0 saturated carbocycles. The van der Waals surface area contributed by atoms with Crippen LogP contribution in [-0.4, -0.2) is 17.5 Å². The quantitative estimate of drug-likeness (QED) is 0.422. The third-order valence-corrected chi connectivity index (χ3v) is 3.62. The zero-order chi connectivity index (χ0) is 20.6. The van der Waals surface area contributed by atoms with Crippen LogP contribution in [0.1, 0.15) is 43.9 Å². The van der Waals surface area contributed by atoms with E-state index in [0.29, 0.717) is 12.0 Å². The summed E-state index contributed by atoms with van der Waals surface area (Å²) in [7, 11) is 0. The molecule has 5 nitrogen and oxygen atoms in total. The van der Waals surface area contributed by atoms with Crippen molar-refractivity contribution in [2.45, 2.75) is 39.2 Å². The Morgan fingerprint density at radius 1 is 1.11 bits per heavy atom. The smallest absolute Gasteiger partial charge is 0.331 e. The molecule has 0 spiro atoms. The molecule has 0 heterocycles. The van der Waals surface area contributed by atoms with Crippen molar-refractivity contribution in [2.24, 2.45) is 0 Å². The second kappa shape index (κ2) is 9.52. The number of hydrogen-bond acceptors (Lipinski definition) is 5. The van der Waals surface area contributed by atoms with Crippen LogP contribution in [0.4, 0.5) is 0 Å². The van der Waals surface area contributed by atoms with E-state index in [1.54, 1.807) is 30.3 Å². The molecule has 2 aromatic rings. The van der Waals surface area contributed by atoms with Crippen molar-refractivity contribution in [2.75, 3.05) is 0 Å². The summed E-state index contributed by atoms with van der Waals surface area (Å²) < 4.78 is 10.5. The molecule has 144 valence electrons. The predicted octanol–water partition coefficient (Wildman–Crippen LogP) is 4.45. The minimum Gasteiger partial charge on any atom is -0.457 e. The molecule has 2 rings (SSSR count). The number of carbonyl (C=O) groups excluding carboxylic acids is 2. The number of benzene rings is 2. The van der Waals surface area contributed by atoms with Gasteiger partial charge in [-0.2, -0.15) is 5.26 Å². The average molecular weight is 377 g/mol. The molecule has 0 saturated heterocycles. The van der Waals surface area contributed by atoms with E-state index < -0.39 is 17.5 Å². The highest BCUT2D eigenvalue weighted by Gasteiger charge is 2.14. The second-order valence-corrected chi connectivity index (χ2v) is 7.19. The summed E-state index contributed by atoms with van der Waals surface area (Å²) in [5.74, 6) is -0.543. The van der Waals surface area contributed by atoms with Crippen LogP contribution in [0.25, 0.3) is 6.08 Å². The van der Waals surface area contributed by atoms with Crippen molar-refractivity contribution in [3.05, 3.63) is 71.3 Å². The Hall–Kier alpha value is -3.39. The molecule has 0 bridgehead atoms. The molecule has 0 aliphatic heterocycles. The fourth-order valence-corrected chi connectivity index (χ4v) is 2.42. The zero-order valence-electron chi connectivity index (χ0n) is 16.3. The molecular weight excluding hydrogens is 354 g/mol. The van der Waals surface area contributed by atoms with Gasteiger partial charge in [0.2, 0.25) is 0 Å². The minimum absolute atomic E-state index is 0.180. The van der Waals surface area contributed by atoms with Crippen molar-refractivity contribution in [1.82, 2.24) is 0 Å². The zero-order valence-corrected chi connectivity index (χ0v) is 16.3. The van der Waals surface area contributed by atoms with Gasteiger partial charge in [0.1, 0.15) is 17.4 Å². The standard InChI is InChI=1S/C23H23NO4/c1-23(2,3)28-22(26)14-12-18-8-6-7-17(15-18)11-13-21(25)27-20-10-5-4-9-19(20)16-24/h4-10,12,14-15H,11,13H2,1-3H3/b14-12+. The maximum absolute atomic E-state index is 12.1. The largest absolute Gasteiger partial charge is 0.457 e. The van der Waals surface area contributed by atoms with Crippen molar-refractivity contribution < 1.29 is 19.1 Å². The lowest BCUT2D eigenvalue weighted by Crippen LogP contribution is -2.22. The molecule has 0 N–H and O–H groups in total. The molecule has 0 aliphatic rings. The summed E-state index contributed by atoms with van der Waals surface area (Å²) in [4.78, 5) is 23.8. The number of ether oxygens (including phenoxy) is 2. The molecule has 0 unspecified atom stereocenters. The van der Waals surface area contributed by atoms with Crippen molar-refractivity contribution in [3.8, 4) is 11.8 Å². The predicted molar refractivity (Wildman–Crippen MR) is 106 cm³/mol. The molecule has 2 aromatic carbocycles. The number of hydrogen-bond donors (Lipinski definition) is 0. The van der Waals surface area contributed by atoms with Gasteiger partial charge in [-0.3, -0.25) is 4.79 Å². The second-order valence-electron chi connectivity index (χ2n) is 7.19. The van der Waals surface area contributed by atoms with Gasteiger partial charge >= 0.3 is 11.9 Å². The number of nitriles is 1. The Morgan fingerprint density at radius 3 is 2.57 bits per heavy atom. The summed E-state index contributed by atoms with van der Waals surface area (Å²) in [6.07, 6.45) is 3.73. The monoisotopic (exact) mass is 377 g/mol. The summed E-state index contributed by atoms with van der Waals surface area (Å²) >= 11 is 0. The van der Waals surface area contributed by atoms with Crippen molar-refractivity contribution in [1.29, 1.82) is 5.26 Å². The molecule has 0 atom stereocenters. The lowest BCUT2D eigenvalue weighted by molar-refractivity contribution is -0.148. The summed E-state index contributed by atoms with van der Waals surface area (Å²) in [6, 6.07) is 16.2. The van der Waals surface area contributed by atoms with E-state index in [2.05, 4.69) is 0 Å². The number of carbonyl (C=O) groups is 2. The first-order valence-corrected chi connectivity index (χ1v) is 8.96. The van der Waals surface area contributed by atoms with Crippen molar-refractivity contribution in [3.63, 3.8) is 0 Å². The summed E-state index contributed by atoms with van der Waals surface area (Å²) in [5, 5.41) is 9.04. The van der Waals surface area contributed by atoms with Crippen LogP contribution in [0.15, 0.2) is 54.6 Å². The van der Waals surface area contributed by atoms with E-state index in [1.165, 1.54) is 6.08 Å². The van der Waals surface area contributed by atoms with Gasteiger partial charge in [0, 0.05) is 12.5 Å². The average Bonchev–Trinajstić information content (AvgIpc) is 2.64. The highest BCUT2D eigenvalue weighted by Crippen LogP contribution is 2.18. The first kappa shape index (κ1) is 20.9. The molecule has 5 heteroatoms. The highest BCUT2D eigenvalue weighted by molar-refractivity contribution is 5.87. The van der Waals surface area contributed by atoms with E-state index in [4.69, 9.17) is 14.7 Å². The Kier molecular flexibility index (Phi) is 7.11. The van der Waals surface area contributed by atoms with Gasteiger partial charge in [-0.1, -0.05) is 36.4 Å². The third kappa shape index (κ3) is 7.08. The van der Waals surface area contributed by atoms with Gasteiger partial charge < -0.3 is 9.47 Å². The number of aryl methyl sites for hydroxylation is 1. The van der Waals surface area contributed by atoms with E-state index >= 15 is 0 Å². The minimum atomic E-state index is -0.534. The highest BCUT2D eigenvalue weighted by atomic mass is 16.6. The van der Waals surface area contributed by atoms with Crippen LogP contribution in [0, 0.1) is 11.3 Å². The molecular formula is C23H23NO4. The Bertz CT molecular complexity index is 917. The van der Waals surface area contributed by atoms with E-state index in [-0.39, 0.29) is 12.2 Å². The van der Waals surface area contributed by atoms with Gasteiger partial charge in [-0.25, -0.2) is 4.79 Å². The first-order chi connectivity index (χ1) is 13.3. The van der Waals surface area contributed by atoms with E-state index in [0.717, 1.165) is 11.1 Å². The molecule has 28 heavy (non-hydrogen) atoms. The number of para-hydroxylation sites is 1. The van der Waals surface area contributed by atoms with Gasteiger partial charge in [0.15, 0.2) is 0 Å². The number of rotatable bonds is 6. The fraction of sp³-hybridized carbons (Fsp3) is 0.261. The fourth-order valence-electron chi connectivity index (χ4n) is 2.42. The molecule has 0 amide bonds. The lowest BCUT2D eigenvalue weighted by Gasteiger charge is -2.17. The van der Waals surface area contributed by atoms with Gasteiger partial charge in [0.25, 0.3) is 0 Å². The van der Waals surface area contributed by atoms with Crippen LogP contribution >= 0.6 is 0 Å². The van der Waals surface area contributed by atoms with Gasteiger partial charge in [0.05, 0.1) is 5.56 Å². The number of esters is 2. The van der Waals surface area contributed by atoms with Gasteiger partial charge in [-0.05, 0) is 56.5 Å². The van der Waals surface area contributed by atoms with Crippen LogP contribution in [-0.2, 0) is 20.7 Å². The van der Waals surface area contributed by atoms with E-state index in [1.807, 2.05) is 51.1 Å². The maximum atomic E-state index is 12.1. The van der Waals surface area contributed by atoms with Crippen molar-refractivity contribution >= 4 is 18.0 Å². The summed E-state index contributed by atoms with van der Waals surface area (Å²) in [5.41, 5.74) is 1.57. The SMILES string of the molecule is CC(C)(C)OC(=O)/C=C/c1cccc(CCC(=O)Oc2ccccc2C#N)c1. The third-order valence-electron chi connectivity index (χ3n) is 3.62. The van der Waals surface area contributed by atoms with Crippen LogP contribution in [0.3, 0.4) is 0 Å². The molecule has 0 aliphatic carbocycles. The van der Waals surface area contributed by atoms with E-state index in [9.17, 15) is 9.59 Å². The summed E-state index contributed by atoms with van der Waals surface area (Å²) in [6.45, 7) is 5.44. The Labute approximate surface area is 165 Å². The maximum Gasteiger partial charge on any atom is 0.331 e. The van der Waals surface area contributed by atoms with Crippen LogP contribution < -0.4 is 4.74 Å². The molecule has 0 aromatic heterocycles. The molecule has 0 fully saturated rings. The van der Waals surface area contributed by atoms with Crippen LogP contribution in [0.2, 0.25) is 0 Å².